The first-order valence-corrected chi connectivity index (χ1v) is 12.6. The van der Waals surface area contributed by atoms with E-state index in [0.717, 1.165) is 62.8 Å². The molecule has 2 N–H and O–H groups in total. The van der Waals surface area contributed by atoms with Gasteiger partial charge in [0.25, 0.3) is 5.91 Å². The van der Waals surface area contributed by atoms with Gasteiger partial charge in [-0.15, -0.1) is 0 Å². The zero-order chi connectivity index (χ0) is 23.7. The molecule has 0 unspecified atom stereocenters. The van der Waals surface area contributed by atoms with Gasteiger partial charge in [-0.2, -0.15) is 5.26 Å². The number of hydrogen-bond donors (Lipinski definition) is 2. The Morgan fingerprint density at radius 3 is 2.68 bits per heavy atom. The summed E-state index contributed by atoms with van der Waals surface area (Å²) in [6.07, 6.45) is 8.17. The van der Waals surface area contributed by atoms with Gasteiger partial charge in [0, 0.05) is 30.5 Å². The van der Waals surface area contributed by atoms with E-state index >= 15 is 0 Å². The van der Waals surface area contributed by atoms with Crippen LogP contribution in [0.25, 0.3) is 0 Å². The summed E-state index contributed by atoms with van der Waals surface area (Å²) < 4.78 is 6.38. The van der Waals surface area contributed by atoms with Crippen LogP contribution in [0.15, 0.2) is 18.2 Å². The summed E-state index contributed by atoms with van der Waals surface area (Å²) >= 11 is 0. The lowest BCUT2D eigenvalue weighted by molar-refractivity contribution is -0.136. The molecule has 8 heteroatoms. The number of rotatable bonds is 6. The van der Waals surface area contributed by atoms with E-state index in [9.17, 15) is 14.4 Å². The lowest BCUT2D eigenvalue weighted by Gasteiger charge is -2.29. The van der Waals surface area contributed by atoms with Crippen LogP contribution >= 0.6 is 0 Å². The van der Waals surface area contributed by atoms with Crippen molar-refractivity contribution in [1.82, 2.24) is 15.5 Å². The summed E-state index contributed by atoms with van der Waals surface area (Å²) in [4.78, 5) is 38.2. The number of benzene rings is 1. The third kappa shape index (κ3) is 4.67. The second-order valence-electron chi connectivity index (χ2n) is 10.2. The van der Waals surface area contributed by atoms with Gasteiger partial charge < -0.3 is 15.0 Å². The quantitative estimate of drug-likeness (QED) is 0.626. The Morgan fingerprint density at radius 2 is 1.91 bits per heavy atom. The molecule has 2 heterocycles. The molecule has 2 aliphatic carbocycles. The summed E-state index contributed by atoms with van der Waals surface area (Å²) in [6.45, 7) is 1.33. The first kappa shape index (κ1) is 22.9. The number of carbonyl (C=O) groups excluding carboxylic acids is 3. The molecular formula is C26H32N4O4. The smallest absolute Gasteiger partial charge is 0.255 e. The summed E-state index contributed by atoms with van der Waals surface area (Å²) in [6, 6.07) is 7.68. The largest absolute Gasteiger partial charge is 0.489 e. The molecule has 0 bridgehead atoms. The molecule has 0 radical (unpaired) electrons. The van der Waals surface area contributed by atoms with Crippen molar-refractivity contribution in [2.75, 3.05) is 6.54 Å². The second-order valence-corrected chi connectivity index (χ2v) is 10.2. The molecule has 2 aliphatic heterocycles. The average molecular weight is 465 g/mol. The SMILES string of the molecule is N#CC1CCC(CN[C@H]2CCC[C@@H]2Oc2ccc3c(c2)CN([C@H]2CCC(=O)NC2=O)C3=O)CC1. The van der Waals surface area contributed by atoms with Crippen LogP contribution in [-0.2, 0) is 16.1 Å². The van der Waals surface area contributed by atoms with Crippen molar-refractivity contribution in [3.05, 3.63) is 29.3 Å². The summed E-state index contributed by atoms with van der Waals surface area (Å²) in [5, 5.41) is 15.2. The van der Waals surface area contributed by atoms with Crippen molar-refractivity contribution in [3.8, 4) is 11.8 Å². The van der Waals surface area contributed by atoms with Gasteiger partial charge in [-0.05, 0) is 87.6 Å². The van der Waals surface area contributed by atoms with E-state index in [4.69, 9.17) is 10.00 Å². The van der Waals surface area contributed by atoms with Crippen molar-refractivity contribution in [3.63, 3.8) is 0 Å². The number of nitriles is 1. The third-order valence-corrected chi connectivity index (χ3v) is 7.93. The highest BCUT2D eigenvalue weighted by atomic mass is 16.5. The van der Waals surface area contributed by atoms with Crippen molar-refractivity contribution in [2.45, 2.75) is 82.5 Å². The number of amides is 3. The van der Waals surface area contributed by atoms with Gasteiger partial charge in [0.1, 0.15) is 17.9 Å². The molecule has 3 amide bonds. The zero-order valence-corrected chi connectivity index (χ0v) is 19.4. The van der Waals surface area contributed by atoms with Gasteiger partial charge in [-0.1, -0.05) is 0 Å². The summed E-state index contributed by atoms with van der Waals surface area (Å²) in [5.74, 6) is 0.782. The summed E-state index contributed by atoms with van der Waals surface area (Å²) in [7, 11) is 0. The maximum Gasteiger partial charge on any atom is 0.255 e. The van der Waals surface area contributed by atoms with Crippen LogP contribution in [0.2, 0.25) is 0 Å². The van der Waals surface area contributed by atoms with Crippen LogP contribution < -0.4 is 15.4 Å². The highest BCUT2D eigenvalue weighted by Crippen LogP contribution is 2.33. The minimum atomic E-state index is -0.603. The lowest BCUT2D eigenvalue weighted by Crippen LogP contribution is -2.52. The van der Waals surface area contributed by atoms with Crippen LogP contribution in [0.4, 0.5) is 0 Å². The highest BCUT2D eigenvalue weighted by molar-refractivity contribution is 6.05. The standard InChI is InChI=1S/C26H32N4O4/c27-13-16-4-6-17(7-5-16)14-28-21-2-1-3-23(21)34-19-8-9-20-18(12-19)15-30(26(20)33)22-10-11-24(31)29-25(22)32/h8-9,12,16-17,21-23,28H,1-7,10-11,14-15H2,(H,29,31,32)/t16?,17?,21-,22-,23-/m0/s1. The van der Waals surface area contributed by atoms with Gasteiger partial charge in [0.2, 0.25) is 11.8 Å². The molecule has 4 aliphatic rings. The molecule has 8 nitrogen and oxygen atoms in total. The number of imide groups is 1. The molecular weight excluding hydrogens is 432 g/mol. The molecule has 180 valence electrons. The van der Waals surface area contributed by atoms with Crippen LogP contribution in [0.1, 0.15) is 73.7 Å². The van der Waals surface area contributed by atoms with Gasteiger partial charge in [0.15, 0.2) is 0 Å². The van der Waals surface area contributed by atoms with Crippen LogP contribution in [-0.4, -0.2) is 47.4 Å². The van der Waals surface area contributed by atoms with E-state index in [2.05, 4.69) is 16.7 Å². The topological polar surface area (TPSA) is 112 Å². The Bertz CT molecular complexity index is 1010. The Hall–Kier alpha value is -2.92. The molecule has 5 rings (SSSR count). The van der Waals surface area contributed by atoms with Crippen LogP contribution in [0.5, 0.6) is 5.75 Å². The molecule has 2 saturated carbocycles. The molecule has 3 fully saturated rings. The molecule has 34 heavy (non-hydrogen) atoms. The maximum atomic E-state index is 12.9. The van der Waals surface area contributed by atoms with Crippen molar-refractivity contribution in [1.29, 1.82) is 5.26 Å². The minimum Gasteiger partial charge on any atom is -0.489 e. The Balaban J connectivity index is 1.18. The third-order valence-electron chi connectivity index (χ3n) is 7.93. The summed E-state index contributed by atoms with van der Waals surface area (Å²) in [5.41, 5.74) is 1.47. The molecule has 3 atom stereocenters. The molecule has 0 aromatic heterocycles. The first-order valence-electron chi connectivity index (χ1n) is 12.6. The number of nitrogens with one attached hydrogen (secondary N) is 2. The fourth-order valence-electron chi connectivity index (χ4n) is 5.91. The number of carbonyl (C=O) groups is 3. The predicted molar refractivity (Wildman–Crippen MR) is 124 cm³/mol. The van der Waals surface area contributed by atoms with Crippen LogP contribution in [0.3, 0.4) is 0 Å². The molecule has 1 aromatic carbocycles. The number of fused-ring (bicyclic) bond motifs is 1. The average Bonchev–Trinajstić information content (AvgIpc) is 3.41. The van der Waals surface area contributed by atoms with E-state index in [1.807, 2.05) is 12.1 Å². The number of nitrogens with zero attached hydrogens (tertiary/aromatic N) is 2. The number of piperidine rings is 1. The van der Waals surface area contributed by atoms with Gasteiger partial charge in [-0.25, -0.2) is 0 Å². The van der Waals surface area contributed by atoms with E-state index < -0.39 is 11.9 Å². The first-order chi connectivity index (χ1) is 16.5. The number of hydrogen-bond acceptors (Lipinski definition) is 6. The second kappa shape index (κ2) is 9.75. The lowest BCUT2D eigenvalue weighted by atomic mass is 9.82. The molecule has 1 saturated heterocycles. The van der Waals surface area contributed by atoms with E-state index in [1.54, 1.807) is 11.0 Å². The highest BCUT2D eigenvalue weighted by Gasteiger charge is 2.39. The van der Waals surface area contributed by atoms with Crippen molar-refractivity contribution in [2.24, 2.45) is 11.8 Å². The van der Waals surface area contributed by atoms with Crippen LogP contribution in [0, 0.1) is 23.2 Å². The minimum absolute atomic E-state index is 0.0943. The Kier molecular flexibility index (Phi) is 6.55. The van der Waals surface area contributed by atoms with Crippen molar-refractivity contribution >= 4 is 17.7 Å². The van der Waals surface area contributed by atoms with Gasteiger partial charge >= 0.3 is 0 Å². The number of ether oxygens (including phenoxy) is 1. The van der Waals surface area contributed by atoms with Gasteiger partial charge in [0.05, 0.1) is 6.07 Å². The van der Waals surface area contributed by atoms with E-state index in [-0.39, 0.29) is 30.3 Å². The van der Waals surface area contributed by atoms with E-state index in [1.165, 1.54) is 0 Å². The van der Waals surface area contributed by atoms with E-state index in [0.29, 0.717) is 30.5 Å². The zero-order valence-electron chi connectivity index (χ0n) is 19.4. The monoisotopic (exact) mass is 464 g/mol. The fourth-order valence-corrected chi connectivity index (χ4v) is 5.91. The predicted octanol–water partition coefficient (Wildman–Crippen LogP) is 2.67. The molecule has 0 spiro atoms. The Morgan fingerprint density at radius 1 is 1.09 bits per heavy atom. The van der Waals surface area contributed by atoms with Crippen molar-refractivity contribution < 1.29 is 19.1 Å². The maximum absolute atomic E-state index is 12.9. The fraction of sp³-hybridized carbons (Fsp3) is 0.615. The Labute approximate surface area is 200 Å². The normalized spacial score (nSPS) is 31.2. The molecule has 1 aromatic rings. The van der Waals surface area contributed by atoms with Gasteiger partial charge in [-0.3, -0.25) is 19.7 Å².